The molecular formula is C26H24N2O4. The molecule has 3 aromatic rings. The molecule has 4 rings (SSSR count). The highest BCUT2D eigenvalue weighted by molar-refractivity contribution is 5.99. The minimum Gasteiger partial charge on any atom is -0.493 e. The molecule has 6 heteroatoms. The minimum absolute atomic E-state index is 0.0254. The number of nitriles is 1. The Morgan fingerprint density at radius 2 is 1.72 bits per heavy atom. The first-order valence-corrected chi connectivity index (χ1v) is 10.4. The zero-order valence-electron chi connectivity index (χ0n) is 18.6. The highest BCUT2D eigenvalue weighted by Crippen LogP contribution is 2.37. The van der Waals surface area contributed by atoms with Crippen LogP contribution in [0.15, 0.2) is 47.3 Å². The van der Waals surface area contributed by atoms with Crippen molar-refractivity contribution in [3.8, 4) is 23.3 Å². The molecule has 162 valence electrons. The Kier molecular flexibility index (Phi) is 5.58. The van der Waals surface area contributed by atoms with Crippen molar-refractivity contribution in [3.63, 3.8) is 0 Å². The minimum atomic E-state index is -0.402. The molecule has 32 heavy (non-hydrogen) atoms. The molecule has 6 nitrogen and oxygen atoms in total. The highest BCUT2D eigenvalue weighted by Gasteiger charge is 2.31. The van der Waals surface area contributed by atoms with Gasteiger partial charge in [-0.05, 0) is 67.1 Å². The van der Waals surface area contributed by atoms with E-state index in [1.54, 1.807) is 18.8 Å². The zero-order chi connectivity index (χ0) is 23.0. The fourth-order valence-electron chi connectivity index (χ4n) is 4.37. The molecule has 0 saturated carbocycles. The summed E-state index contributed by atoms with van der Waals surface area (Å²) in [5.74, 6) is 1.000. The number of ether oxygens (including phenoxy) is 2. The van der Waals surface area contributed by atoms with Gasteiger partial charge in [-0.15, -0.1) is 0 Å². The summed E-state index contributed by atoms with van der Waals surface area (Å²) in [6.45, 7) is 3.87. The van der Waals surface area contributed by atoms with Crippen molar-refractivity contribution in [3.05, 3.63) is 86.3 Å². The van der Waals surface area contributed by atoms with Crippen LogP contribution in [0, 0.1) is 25.2 Å². The number of fused-ring (bicyclic) bond motifs is 1. The maximum Gasteiger partial charge on any atom is 0.273 e. The Hall–Kier alpha value is -3.85. The number of rotatable bonds is 4. The van der Waals surface area contributed by atoms with Crippen molar-refractivity contribution in [1.82, 2.24) is 4.57 Å². The molecule has 1 aliphatic rings. The SMILES string of the molecule is COc1ccc([C@@H]2CC(=O)c3cc(C#N)c(=O)n(-c4cc(C)ccc4C)c3C2)cc1OC. The molecule has 0 unspecified atom stereocenters. The van der Waals surface area contributed by atoms with Crippen LogP contribution in [0.3, 0.4) is 0 Å². The number of methoxy groups -OCH3 is 2. The molecule has 1 atom stereocenters. The van der Waals surface area contributed by atoms with Gasteiger partial charge in [0, 0.05) is 17.7 Å². The Morgan fingerprint density at radius 1 is 0.969 bits per heavy atom. The first-order valence-electron chi connectivity index (χ1n) is 10.4. The first-order chi connectivity index (χ1) is 15.4. The number of pyridine rings is 1. The molecule has 1 heterocycles. The Labute approximate surface area is 186 Å². The number of benzene rings is 2. The van der Waals surface area contributed by atoms with Gasteiger partial charge in [-0.25, -0.2) is 0 Å². The van der Waals surface area contributed by atoms with Gasteiger partial charge in [-0.3, -0.25) is 14.2 Å². The van der Waals surface area contributed by atoms with Crippen LogP contribution in [0.2, 0.25) is 0 Å². The quantitative estimate of drug-likeness (QED) is 0.620. The van der Waals surface area contributed by atoms with E-state index in [1.165, 1.54) is 6.07 Å². The maximum absolute atomic E-state index is 13.3. The molecule has 0 N–H and O–H groups in total. The summed E-state index contributed by atoms with van der Waals surface area (Å²) in [6.07, 6.45) is 0.781. The third-order valence-electron chi connectivity index (χ3n) is 6.08. The van der Waals surface area contributed by atoms with Crippen LogP contribution in [-0.4, -0.2) is 24.6 Å². The largest absolute Gasteiger partial charge is 0.493 e. The molecule has 0 aliphatic heterocycles. The standard InChI is InChI=1S/C26H24N2O4/c1-15-5-6-16(2)21(9-15)28-22-11-18(17-7-8-24(31-3)25(13-17)32-4)12-23(29)20(22)10-19(14-27)26(28)30/h5-10,13,18H,11-12H2,1-4H3/t18-/m0/s1. The Balaban J connectivity index is 1.92. The molecule has 0 spiro atoms. The average Bonchev–Trinajstić information content (AvgIpc) is 2.80. The molecule has 1 aromatic heterocycles. The van der Waals surface area contributed by atoms with Gasteiger partial charge in [0.1, 0.15) is 11.6 Å². The molecule has 0 amide bonds. The predicted molar refractivity (Wildman–Crippen MR) is 121 cm³/mol. The monoisotopic (exact) mass is 428 g/mol. The normalized spacial score (nSPS) is 15.1. The topological polar surface area (TPSA) is 81.3 Å². The fourth-order valence-corrected chi connectivity index (χ4v) is 4.37. The number of aryl methyl sites for hydroxylation is 2. The van der Waals surface area contributed by atoms with Gasteiger partial charge >= 0.3 is 0 Å². The molecule has 0 fully saturated rings. The lowest BCUT2D eigenvalue weighted by molar-refractivity contribution is 0.0962. The summed E-state index contributed by atoms with van der Waals surface area (Å²) < 4.78 is 12.3. The lowest BCUT2D eigenvalue weighted by atomic mass is 9.81. The molecule has 0 bridgehead atoms. The zero-order valence-corrected chi connectivity index (χ0v) is 18.6. The number of Topliss-reactive ketones (excluding diaryl/α,β-unsaturated/α-hetero) is 1. The predicted octanol–water partition coefficient (Wildman–Crippen LogP) is 4.26. The molecule has 0 radical (unpaired) electrons. The van der Waals surface area contributed by atoms with Crippen LogP contribution in [0.5, 0.6) is 11.5 Å². The van der Waals surface area contributed by atoms with Gasteiger partial charge in [0.25, 0.3) is 5.56 Å². The van der Waals surface area contributed by atoms with Crippen molar-refractivity contribution < 1.29 is 14.3 Å². The third-order valence-corrected chi connectivity index (χ3v) is 6.08. The molecule has 0 saturated heterocycles. The smallest absolute Gasteiger partial charge is 0.273 e. The van der Waals surface area contributed by atoms with Gasteiger partial charge in [0.05, 0.1) is 19.9 Å². The van der Waals surface area contributed by atoms with Crippen LogP contribution in [-0.2, 0) is 6.42 Å². The fraction of sp³-hybridized carbons (Fsp3) is 0.269. The van der Waals surface area contributed by atoms with E-state index in [4.69, 9.17) is 9.47 Å². The molecule has 1 aliphatic carbocycles. The molecule has 2 aromatic carbocycles. The lowest BCUT2D eigenvalue weighted by Crippen LogP contribution is -2.32. The second-order valence-electron chi connectivity index (χ2n) is 8.10. The summed E-state index contributed by atoms with van der Waals surface area (Å²) in [5, 5.41) is 9.54. The number of aromatic nitrogens is 1. The first kappa shape index (κ1) is 21.4. The summed E-state index contributed by atoms with van der Waals surface area (Å²) in [5.41, 5.74) is 4.18. The van der Waals surface area contributed by atoms with Crippen molar-refractivity contribution in [2.75, 3.05) is 14.2 Å². The van der Waals surface area contributed by atoms with E-state index in [2.05, 4.69) is 0 Å². The van der Waals surface area contributed by atoms with Gasteiger partial charge < -0.3 is 9.47 Å². The van der Waals surface area contributed by atoms with Gasteiger partial charge in [-0.2, -0.15) is 5.26 Å². The van der Waals surface area contributed by atoms with E-state index < -0.39 is 5.56 Å². The van der Waals surface area contributed by atoms with Crippen molar-refractivity contribution in [1.29, 1.82) is 5.26 Å². The summed E-state index contributed by atoms with van der Waals surface area (Å²) in [7, 11) is 3.15. The second-order valence-corrected chi connectivity index (χ2v) is 8.10. The van der Waals surface area contributed by atoms with E-state index in [-0.39, 0.29) is 17.3 Å². The Bertz CT molecular complexity index is 1330. The number of hydrogen-bond acceptors (Lipinski definition) is 5. The van der Waals surface area contributed by atoms with E-state index in [1.807, 2.05) is 56.3 Å². The van der Waals surface area contributed by atoms with Crippen LogP contribution >= 0.6 is 0 Å². The van der Waals surface area contributed by atoms with Crippen LogP contribution in [0.25, 0.3) is 5.69 Å². The summed E-state index contributed by atoms with van der Waals surface area (Å²) in [6, 6.07) is 14.9. The van der Waals surface area contributed by atoms with E-state index in [0.717, 1.165) is 16.7 Å². The van der Waals surface area contributed by atoms with Gasteiger partial charge in [0.2, 0.25) is 0 Å². The number of hydrogen-bond donors (Lipinski definition) is 0. The number of nitrogens with zero attached hydrogens (tertiary/aromatic N) is 2. The van der Waals surface area contributed by atoms with Crippen LogP contribution in [0.4, 0.5) is 0 Å². The van der Waals surface area contributed by atoms with Crippen molar-refractivity contribution in [2.24, 2.45) is 0 Å². The lowest BCUT2D eigenvalue weighted by Gasteiger charge is -2.28. The average molecular weight is 428 g/mol. The summed E-state index contributed by atoms with van der Waals surface area (Å²) >= 11 is 0. The van der Waals surface area contributed by atoms with Crippen molar-refractivity contribution >= 4 is 5.78 Å². The van der Waals surface area contributed by atoms with E-state index >= 15 is 0 Å². The van der Waals surface area contributed by atoms with E-state index in [0.29, 0.717) is 41.3 Å². The Morgan fingerprint density at radius 3 is 2.41 bits per heavy atom. The number of carbonyl (C=O) groups is 1. The maximum atomic E-state index is 13.3. The third kappa shape index (κ3) is 3.56. The number of carbonyl (C=O) groups excluding carboxylic acids is 1. The van der Waals surface area contributed by atoms with Gasteiger partial charge in [0.15, 0.2) is 17.3 Å². The highest BCUT2D eigenvalue weighted by atomic mass is 16.5. The van der Waals surface area contributed by atoms with Crippen LogP contribution < -0.4 is 15.0 Å². The second kappa shape index (κ2) is 8.35. The van der Waals surface area contributed by atoms with Crippen molar-refractivity contribution in [2.45, 2.75) is 32.6 Å². The summed E-state index contributed by atoms with van der Waals surface area (Å²) in [4.78, 5) is 26.4. The van der Waals surface area contributed by atoms with E-state index in [9.17, 15) is 14.9 Å². The van der Waals surface area contributed by atoms with Gasteiger partial charge in [-0.1, -0.05) is 18.2 Å². The number of ketones is 1. The molecular weight excluding hydrogens is 404 g/mol. The van der Waals surface area contributed by atoms with Crippen LogP contribution in [0.1, 0.15) is 50.6 Å².